The van der Waals surface area contributed by atoms with Crippen LogP contribution in [0.25, 0.3) is 0 Å². The molecule has 0 bridgehead atoms. The predicted molar refractivity (Wildman–Crippen MR) is 76.0 cm³/mol. The third-order valence-electron chi connectivity index (χ3n) is 4.52. The summed E-state index contributed by atoms with van der Waals surface area (Å²) in [6.45, 7) is 9.05. The summed E-state index contributed by atoms with van der Waals surface area (Å²) in [4.78, 5) is 4.30. The third kappa shape index (κ3) is 1.79. The Kier molecular flexibility index (Phi) is 3.58. The van der Waals surface area contributed by atoms with E-state index < -0.39 is 0 Å². The van der Waals surface area contributed by atoms with Gasteiger partial charge in [0.2, 0.25) is 0 Å². The zero-order valence-corrected chi connectivity index (χ0v) is 11.8. The number of rotatable bonds is 3. The summed E-state index contributed by atoms with van der Waals surface area (Å²) in [5, 5.41) is 9.11. The Morgan fingerprint density at radius 2 is 1.78 bits per heavy atom. The zero-order valence-electron chi connectivity index (χ0n) is 11.8. The largest absolute Gasteiger partial charge is 0.375 e. The quantitative estimate of drug-likeness (QED) is 0.870. The molecule has 0 radical (unpaired) electrons. The molecule has 0 spiro atoms. The maximum atomic E-state index is 9.11. The van der Waals surface area contributed by atoms with Crippen LogP contribution in [0.5, 0.6) is 0 Å². The highest BCUT2D eigenvalue weighted by Crippen LogP contribution is 2.49. The molecule has 2 heteroatoms. The normalized spacial score (nSPS) is 19.8. The molecule has 0 fully saturated rings. The number of fused-ring (bicyclic) bond motifs is 1. The van der Waals surface area contributed by atoms with E-state index in [1.807, 2.05) is 0 Å². The highest BCUT2D eigenvalue weighted by atomic mass is 16.3. The molecule has 98 valence electrons. The summed E-state index contributed by atoms with van der Waals surface area (Å²) in [6, 6.07) is 8.54. The smallest absolute Gasteiger partial charge is 0.134 e. The molecule has 2 rings (SSSR count). The van der Waals surface area contributed by atoms with Crippen molar-refractivity contribution in [3.63, 3.8) is 0 Å². The lowest BCUT2D eigenvalue weighted by Crippen LogP contribution is -2.36. The maximum Gasteiger partial charge on any atom is 0.134 e. The van der Waals surface area contributed by atoms with Crippen LogP contribution in [0.3, 0.4) is 0 Å². The van der Waals surface area contributed by atoms with Crippen molar-refractivity contribution in [3.8, 4) is 0 Å². The van der Waals surface area contributed by atoms with E-state index in [-0.39, 0.29) is 12.1 Å². The first-order chi connectivity index (χ1) is 8.54. The summed E-state index contributed by atoms with van der Waals surface area (Å²) in [6.07, 6.45) is 0.947. The van der Waals surface area contributed by atoms with E-state index in [1.54, 1.807) is 0 Å². The minimum Gasteiger partial charge on any atom is -0.375 e. The molecular formula is C16H23NO. The van der Waals surface area contributed by atoms with Crippen LogP contribution in [0.1, 0.15) is 45.2 Å². The summed E-state index contributed by atoms with van der Waals surface area (Å²) in [7, 11) is 0. The topological polar surface area (TPSA) is 32.6 Å². The molecule has 0 heterocycles. The zero-order chi connectivity index (χ0) is 13.3. The van der Waals surface area contributed by atoms with Gasteiger partial charge >= 0.3 is 0 Å². The van der Waals surface area contributed by atoms with Gasteiger partial charge < -0.3 is 5.11 Å². The van der Waals surface area contributed by atoms with E-state index in [4.69, 9.17) is 5.11 Å². The highest BCUT2D eigenvalue weighted by Gasteiger charge is 2.46. The number of aliphatic hydroxyl groups excluding tert-OH is 1. The minimum atomic E-state index is -0.115. The molecule has 0 atom stereocenters. The Labute approximate surface area is 110 Å². The van der Waals surface area contributed by atoms with Gasteiger partial charge in [0.15, 0.2) is 0 Å². The van der Waals surface area contributed by atoms with E-state index in [0.717, 1.165) is 12.1 Å². The average molecular weight is 245 g/mol. The number of benzene rings is 1. The van der Waals surface area contributed by atoms with Crippen LogP contribution in [0, 0.1) is 11.8 Å². The summed E-state index contributed by atoms with van der Waals surface area (Å²) >= 11 is 0. The number of nitrogens with zero attached hydrogens (tertiary/aromatic N) is 1. The lowest BCUT2D eigenvalue weighted by Gasteiger charge is -2.38. The van der Waals surface area contributed by atoms with Crippen LogP contribution < -0.4 is 0 Å². The van der Waals surface area contributed by atoms with Gasteiger partial charge in [-0.15, -0.1) is 0 Å². The van der Waals surface area contributed by atoms with Gasteiger partial charge in [-0.25, -0.2) is 0 Å². The molecule has 0 amide bonds. The van der Waals surface area contributed by atoms with Crippen LogP contribution in [-0.4, -0.2) is 17.5 Å². The number of hydrogen-bond donors (Lipinski definition) is 1. The molecule has 0 unspecified atom stereocenters. The van der Waals surface area contributed by atoms with E-state index in [9.17, 15) is 0 Å². The first kappa shape index (κ1) is 13.3. The summed E-state index contributed by atoms with van der Waals surface area (Å²) < 4.78 is 0. The Hall–Kier alpha value is -1.15. The second-order valence-electron chi connectivity index (χ2n) is 5.82. The van der Waals surface area contributed by atoms with Crippen molar-refractivity contribution in [2.45, 2.75) is 39.5 Å². The second kappa shape index (κ2) is 4.85. The molecule has 0 aromatic heterocycles. The fraction of sp³-hybridized carbons (Fsp3) is 0.562. The molecule has 1 aliphatic rings. The molecular weight excluding hydrogens is 222 g/mol. The van der Waals surface area contributed by atoms with Gasteiger partial charge in [-0.3, -0.25) is 4.99 Å². The van der Waals surface area contributed by atoms with Crippen molar-refractivity contribution in [1.82, 2.24) is 0 Å². The Morgan fingerprint density at radius 1 is 1.17 bits per heavy atom. The molecule has 1 N–H and O–H groups in total. The van der Waals surface area contributed by atoms with Crippen LogP contribution in [0.2, 0.25) is 0 Å². The molecule has 1 aliphatic carbocycles. The fourth-order valence-electron chi connectivity index (χ4n) is 3.53. The Morgan fingerprint density at radius 3 is 2.33 bits per heavy atom. The van der Waals surface area contributed by atoms with Crippen LogP contribution in [-0.2, 0) is 5.41 Å². The van der Waals surface area contributed by atoms with E-state index >= 15 is 0 Å². The minimum absolute atomic E-state index is 0.115. The molecule has 1 aromatic rings. The molecule has 0 saturated carbocycles. The number of aliphatic hydroxyl groups is 1. The van der Waals surface area contributed by atoms with Gasteiger partial charge in [0, 0.05) is 17.5 Å². The van der Waals surface area contributed by atoms with Crippen molar-refractivity contribution in [2.75, 3.05) is 6.73 Å². The standard InChI is InChI=1S/C16H23NO/c1-11(2)16(12(3)4)9-15(17-10-18)13-7-5-6-8-14(13)16/h5-8,11-12,18H,9-10H2,1-4H3/b17-15-. The van der Waals surface area contributed by atoms with E-state index in [2.05, 4.69) is 57.0 Å². The SMILES string of the molecule is CC(C)C1(C(C)C)C/C(=N/CO)c2ccccc21. The van der Waals surface area contributed by atoms with Crippen molar-refractivity contribution < 1.29 is 5.11 Å². The van der Waals surface area contributed by atoms with Crippen molar-refractivity contribution in [1.29, 1.82) is 0 Å². The van der Waals surface area contributed by atoms with E-state index in [0.29, 0.717) is 11.8 Å². The first-order valence-corrected chi connectivity index (χ1v) is 6.78. The van der Waals surface area contributed by atoms with Crippen LogP contribution in [0.4, 0.5) is 0 Å². The third-order valence-corrected chi connectivity index (χ3v) is 4.52. The van der Waals surface area contributed by atoms with Crippen molar-refractivity contribution in [2.24, 2.45) is 16.8 Å². The van der Waals surface area contributed by atoms with Crippen LogP contribution in [0.15, 0.2) is 29.3 Å². The van der Waals surface area contributed by atoms with Gasteiger partial charge in [0.1, 0.15) is 6.73 Å². The molecule has 0 aliphatic heterocycles. The van der Waals surface area contributed by atoms with Crippen LogP contribution >= 0.6 is 0 Å². The average Bonchev–Trinajstić information content (AvgIpc) is 2.66. The Balaban J connectivity index is 2.63. The number of hydrogen-bond acceptors (Lipinski definition) is 2. The predicted octanol–water partition coefficient (Wildman–Crippen LogP) is 3.38. The maximum absolute atomic E-state index is 9.11. The highest BCUT2D eigenvalue weighted by molar-refractivity contribution is 6.06. The molecule has 0 saturated heterocycles. The van der Waals surface area contributed by atoms with Gasteiger partial charge in [0.25, 0.3) is 0 Å². The monoisotopic (exact) mass is 245 g/mol. The van der Waals surface area contributed by atoms with Gasteiger partial charge in [0.05, 0.1) is 0 Å². The van der Waals surface area contributed by atoms with Gasteiger partial charge in [-0.2, -0.15) is 0 Å². The number of aliphatic imine (C=N–C) groups is 1. The first-order valence-electron chi connectivity index (χ1n) is 6.78. The molecule has 2 nitrogen and oxygen atoms in total. The second-order valence-corrected chi connectivity index (χ2v) is 5.82. The van der Waals surface area contributed by atoms with Crippen molar-refractivity contribution in [3.05, 3.63) is 35.4 Å². The Bertz CT molecular complexity index is 452. The van der Waals surface area contributed by atoms with Gasteiger partial charge in [-0.05, 0) is 23.0 Å². The van der Waals surface area contributed by atoms with Gasteiger partial charge in [-0.1, -0.05) is 52.0 Å². The molecule has 1 aromatic carbocycles. The summed E-state index contributed by atoms with van der Waals surface area (Å²) in [5.41, 5.74) is 3.86. The molecule has 18 heavy (non-hydrogen) atoms. The lowest BCUT2D eigenvalue weighted by molar-refractivity contribution is 0.234. The van der Waals surface area contributed by atoms with E-state index in [1.165, 1.54) is 11.1 Å². The fourth-order valence-corrected chi connectivity index (χ4v) is 3.53. The lowest BCUT2D eigenvalue weighted by atomic mass is 9.65. The summed E-state index contributed by atoms with van der Waals surface area (Å²) in [5.74, 6) is 1.12. The van der Waals surface area contributed by atoms with Crippen molar-refractivity contribution >= 4 is 5.71 Å².